The number of aryl methyl sites for hydroxylation is 1. The number of hydrogen-bond acceptors (Lipinski definition) is 3. The summed E-state index contributed by atoms with van der Waals surface area (Å²) < 4.78 is 0. The van der Waals surface area contributed by atoms with Crippen molar-refractivity contribution >= 4 is 11.6 Å². The fourth-order valence-electron chi connectivity index (χ4n) is 2.25. The number of benzene rings is 1. The summed E-state index contributed by atoms with van der Waals surface area (Å²) >= 11 is 0. The molecule has 4 nitrogen and oxygen atoms in total. The summed E-state index contributed by atoms with van der Waals surface area (Å²) in [5.74, 6) is 0.354. The van der Waals surface area contributed by atoms with Gasteiger partial charge in [-0.05, 0) is 44.4 Å². The van der Waals surface area contributed by atoms with Crippen LogP contribution in [0.4, 0.5) is 5.69 Å². The Morgan fingerprint density at radius 2 is 2.00 bits per heavy atom. The molecule has 1 atom stereocenters. The first-order valence-electron chi connectivity index (χ1n) is 7.57. The minimum Gasteiger partial charge on any atom is -0.393 e. The van der Waals surface area contributed by atoms with E-state index in [0.29, 0.717) is 25.4 Å². The number of nitrogens with one attached hydrogen (secondary N) is 1. The number of rotatable bonds is 7. The highest BCUT2D eigenvalue weighted by atomic mass is 16.3. The van der Waals surface area contributed by atoms with Crippen molar-refractivity contribution in [3.8, 4) is 0 Å². The van der Waals surface area contributed by atoms with Crippen LogP contribution >= 0.6 is 0 Å². The molecule has 2 N–H and O–H groups in total. The van der Waals surface area contributed by atoms with Gasteiger partial charge in [-0.3, -0.25) is 9.69 Å². The third-order valence-electron chi connectivity index (χ3n) is 3.53. The van der Waals surface area contributed by atoms with E-state index in [0.717, 1.165) is 16.8 Å². The normalized spacial score (nSPS) is 12.8. The first-order chi connectivity index (χ1) is 9.81. The zero-order valence-electron chi connectivity index (χ0n) is 13.8. The Bertz CT molecular complexity index is 470. The predicted molar refractivity (Wildman–Crippen MR) is 87.7 cm³/mol. The van der Waals surface area contributed by atoms with Gasteiger partial charge in [-0.2, -0.15) is 0 Å². The third kappa shape index (κ3) is 5.86. The van der Waals surface area contributed by atoms with Gasteiger partial charge in [0.25, 0.3) is 0 Å². The molecule has 0 bridgehead atoms. The number of hydrogen-bond donors (Lipinski definition) is 2. The van der Waals surface area contributed by atoms with Gasteiger partial charge in [0, 0.05) is 12.2 Å². The van der Waals surface area contributed by atoms with Crippen LogP contribution in [-0.2, 0) is 4.79 Å². The second-order valence-electron chi connectivity index (χ2n) is 6.12. The minimum absolute atomic E-state index is 0.0145. The third-order valence-corrected chi connectivity index (χ3v) is 3.53. The molecular weight excluding hydrogens is 264 g/mol. The molecule has 0 aliphatic rings. The summed E-state index contributed by atoms with van der Waals surface area (Å²) in [6.07, 6.45) is 0.338. The molecule has 21 heavy (non-hydrogen) atoms. The molecule has 0 fully saturated rings. The molecule has 0 aromatic heterocycles. The van der Waals surface area contributed by atoms with E-state index < -0.39 is 0 Å². The Morgan fingerprint density at radius 1 is 1.33 bits per heavy atom. The van der Waals surface area contributed by atoms with Crippen molar-refractivity contribution in [3.63, 3.8) is 0 Å². The van der Waals surface area contributed by atoms with Gasteiger partial charge in [0.05, 0.1) is 12.6 Å². The summed E-state index contributed by atoms with van der Waals surface area (Å²) in [4.78, 5) is 14.1. The average Bonchev–Trinajstić information content (AvgIpc) is 2.38. The fourth-order valence-corrected chi connectivity index (χ4v) is 2.25. The quantitative estimate of drug-likeness (QED) is 0.812. The highest BCUT2D eigenvalue weighted by molar-refractivity contribution is 5.93. The van der Waals surface area contributed by atoms with Gasteiger partial charge in [-0.15, -0.1) is 0 Å². The van der Waals surface area contributed by atoms with E-state index in [4.69, 9.17) is 0 Å². The number of carbonyl (C=O) groups is 1. The molecule has 0 radical (unpaired) electrons. The van der Waals surface area contributed by atoms with Gasteiger partial charge < -0.3 is 10.4 Å². The zero-order valence-corrected chi connectivity index (χ0v) is 13.8. The lowest BCUT2D eigenvalue weighted by Crippen LogP contribution is -2.32. The SMILES string of the molecule is Cc1cccc(C(C)C)c1NC(=O)CN(C)CCC(C)O. The van der Waals surface area contributed by atoms with Crippen LogP contribution in [0.3, 0.4) is 0 Å². The number of nitrogens with zero attached hydrogens (tertiary/aromatic N) is 1. The van der Waals surface area contributed by atoms with Crippen molar-refractivity contribution < 1.29 is 9.90 Å². The summed E-state index contributed by atoms with van der Waals surface area (Å²) in [6.45, 7) is 9.06. The summed E-state index contributed by atoms with van der Waals surface area (Å²) in [6, 6.07) is 6.10. The first kappa shape index (κ1) is 17.7. The maximum Gasteiger partial charge on any atom is 0.238 e. The summed E-state index contributed by atoms with van der Waals surface area (Å²) in [5, 5.41) is 12.3. The molecule has 1 aromatic rings. The molecule has 0 saturated heterocycles. The fraction of sp³-hybridized carbons (Fsp3) is 0.588. The van der Waals surface area contributed by atoms with E-state index in [1.54, 1.807) is 6.92 Å². The molecule has 0 heterocycles. The number of para-hydroxylation sites is 1. The van der Waals surface area contributed by atoms with E-state index >= 15 is 0 Å². The predicted octanol–water partition coefficient (Wildman–Crippen LogP) is 2.76. The minimum atomic E-state index is -0.334. The zero-order chi connectivity index (χ0) is 16.0. The van der Waals surface area contributed by atoms with Gasteiger partial charge in [-0.25, -0.2) is 0 Å². The van der Waals surface area contributed by atoms with E-state index in [1.807, 2.05) is 31.0 Å². The van der Waals surface area contributed by atoms with Crippen LogP contribution in [0, 0.1) is 6.92 Å². The van der Waals surface area contributed by atoms with Gasteiger partial charge in [0.2, 0.25) is 5.91 Å². The topological polar surface area (TPSA) is 52.6 Å². The lowest BCUT2D eigenvalue weighted by molar-refractivity contribution is -0.117. The maximum atomic E-state index is 12.2. The largest absolute Gasteiger partial charge is 0.393 e. The summed E-state index contributed by atoms with van der Waals surface area (Å²) in [5.41, 5.74) is 3.18. The van der Waals surface area contributed by atoms with Crippen molar-refractivity contribution in [2.45, 2.75) is 46.1 Å². The molecule has 1 amide bonds. The summed E-state index contributed by atoms with van der Waals surface area (Å²) in [7, 11) is 1.89. The van der Waals surface area contributed by atoms with Crippen LogP contribution in [0.25, 0.3) is 0 Å². The van der Waals surface area contributed by atoms with Crippen molar-refractivity contribution in [1.82, 2.24) is 4.90 Å². The maximum absolute atomic E-state index is 12.2. The molecule has 1 rings (SSSR count). The Morgan fingerprint density at radius 3 is 2.57 bits per heavy atom. The van der Waals surface area contributed by atoms with E-state index in [2.05, 4.69) is 25.2 Å². The van der Waals surface area contributed by atoms with Crippen LogP contribution in [0.15, 0.2) is 18.2 Å². The average molecular weight is 292 g/mol. The number of likely N-dealkylation sites (N-methyl/N-ethyl adjacent to an activating group) is 1. The highest BCUT2D eigenvalue weighted by Crippen LogP contribution is 2.27. The van der Waals surface area contributed by atoms with Crippen LogP contribution in [0.5, 0.6) is 0 Å². The number of aliphatic hydroxyl groups is 1. The number of amides is 1. The van der Waals surface area contributed by atoms with Gasteiger partial charge in [0.15, 0.2) is 0 Å². The lowest BCUT2D eigenvalue weighted by Gasteiger charge is -2.20. The number of anilines is 1. The Hall–Kier alpha value is -1.39. The second kappa shape index (κ2) is 8.15. The molecule has 0 aliphatic carbocycles. The molecule has 1 aromatic carbocycles. The van der Waals surface area contributed by atoms with Gasteiger partial charge in [-0.1, -0.05) is 32.0 Å². The second-order valence-corrected chi connectivity index (χ2v) is 6.12. The molecule has 0 saturated carbocycles. The van der Waals surface area contributed by atoms with E-state index in [-0.39, 0.29) is 12.0 Å². The van der Waals surface area contributed by atoms with Gasteiger partial charge >= 0.3 is 0 Å². The smallest absolute Gasteiger partial charge is 0.238 e. The molecule has 0 aliphatic heterocycles. The molecule has 0 spiro atoms. The van der Waals surface area contributed by atoms with E-state index in [9.17, 15) is 9.90 Å². The Labute approximate surface area is 128 Å². The van der Waals surface area contributed by atoms with Crippen molar-refractivity contribution in [3.05, 3.63) is 29.3 Å². The van der Waals surface area contributed by atoms with E-state index in [1.165, 1.54) is 0 Å². The van der Waals surface area contributed by atoms with Crippen molar-refractivity contribution in [2.24, 2.45) is 0 Å². The number of carbonyl (C=O) groups excluding carboxylic acids is 1. The molecule has 118 valence electrons. The van der Waals surface area contributed by atoms with Crippen LogP contribution in [0.1, 0.15) is 44.2 Å². The molecule has 1 unspecified atom stereocenters. The lowest BCUT2D eigenvalue weighted by atomic mass is 9.98. The monoisotopic (exact) mass is 292 g/mol. The van der Waals surface area contributed by atoms with Gasteiger partial charge in [0.1, 0.15) is 0 Å². The first-order valence-corrected chi connectivity index (χ1v) is 7.57. The Kier molecular flexibility index (Phi) is 6.85. The number of aliphatic hydroxyl groups excluding tert-OH is 1. The highest BCUT2D eigenvalue weighted by Gasteiger charge is 2.13. The van der Waals surface area contributed by atoms with Crippen LogP contribution in [-0.4, -0.2) is 42.2 Å². The standard InChI is InChI=1S/C17H28N2O2/c1-12(2)15-8-6-7-13(3)17(15)18-16(21)11-19(5)10-9-14(4)20/h6-8,12,14,20H,9-11H2,1-5H3,(H,18,21). The van der Waals surface area contributed by atoms with Crippen molar-refractivity contribution in [2.75, 3.05) is 25.5 Å². The Balaban J connectivity index is 2.67. The molecular formula is C17H28N2O2. The van der Waals surface area contributed by atoms with Crippen LogP contribution in [0.2, 0.25) is 0 Å². The van der Waals surface area contributed by atoms with Crippen molar-refractivity contribution in [1.29, 1.82) is 0 Å². The van der Waals surface area contributed by atoms with Crippen LogP contribution < -0.4 is 5.32 Å². The molecule has 4 heteroatoms.